The molecule has 27 heavy (non-hydrogen) atoms. The Morgan fingerprint density at radius 3 is 2.22 bits per heavy atom. The number of carbonyl (C=O) groups excluding carboxylic acids is 2. The molecule has 3 N–H and O–H groups in total. The van der Waals surface area contributed by atoms with Gasteiger partial charge in [-0.1, -0.05) is 5.10 Å². The molecule has 2 heterocycles. The third-order valence-corrected chi connectivity index (χ3v) is 4.19. The van der Waals surface area contributed by atoms with Gasteiger partial charge in [-0.25, -0.2) is 0 Å². The van der Waals surface area contributed by atoms with E-state index in [4.69, 9.17) is 0 Å². The normalized spacial score (nSPS) is 10.4. The maximum Gasteiger partial charge on any atom is 0.357 e. The Morgan fingerprint density at radius 1 is 1.15 bits per heavy atom. The van der Waals surface area contributed by atoms with Gasteiger partial charge in [0.2, 0.25) is 0 Å². The minimum Gasteiger partial charge on any atom is -0.358 e. The van der Waals surface area contributed by atoms with Crippen LogP contribution in [0.1, 0.15) is 21.0 Å². The molecule has 0 saturated heterocycles. The van der Waals surface area contributed by atoms with Crippen LogP contribution < -0.4 is 10.6 Å². The van der Waals surface area contributed by atoms with Crippen LogP contribution in [0.4, 0.5) is 17.2 Å². The van der Waals surface area contributed by atoms with Gasteiger partial charge >= 0.3 is 5.82 Å². The summed E-state index contributed by atoms with van der Waals surface area (Å²) in [6.07, 6.45) is 1.66. The zero-order valence-electron chi connectivity index (χ0n) is 13.8. The predicted octanol–water partition coefficient (Wildman–Crippen LogP) is 2.32. The van der Waals surface area contributed by atoms with E-state index in [2.05, 4.69) is 41.9 Å². The van der Waals surface area contributed by atoms with Gasteiger partial charge in [-0.15, -0.1) is 5.10 Å². The minimum atomic E-state index is -0.688. The number of aromatic amines is 1. The summed E-state index contributed by atoms with van der Waals surface area (Å²) in [6.45, 7) is 0. The lowest BCUT2D eigenvalue weighted by molar-refractivity contribution is -0.390. The van der Waals surface area contributed by atoms with Gasteiger partial charge in [-0.2, -0.15) is 5.10 Å². The second-order valence-corrected chi connectivity index (χ2v) is 6.15. The molecule has 2 aromatic heterocycles. The Bertz CT molecular complexity index is 1030. The molecule has 0 unspecified atom stereocenters. The summed E-state index contributed by atoms with van der Waals surface area (Å²) in [5.74, 6) is -1.40. The molecule has 0 aliphatic rings. The van der Waals surface area contributed by atoms with Crippen LogP contribution in [-0.2, 0) is 7.05 Å². The van der Waals surface area contributed by atoms with E-state index in [1.807, 2.05) is 0 Å². The molecule has 3 aromatic rings. The first-order chi connectivity index (χ1) is 12.8. The van der Waals surface area contributed by atoms with Crippen molar-refractivity contribution < 1.29 is 14.5 Å². The SMILES string of the molecule is Cn1ccc(C(=O)Nc2ccc(NC(=O)c3n[nH]c([N+](=O)[O-])c3Br)cc2)n1. The lowest BCUT2D eigenvalue weighted by atomic mass is 10.2. The predicted molar refractivity (Wildman–Crippen MR) is 98.5 cm³/mol. The number of rotatable bonds is 5. The summed E-state index contributed by atoms with van der Waals surface area (Å²) < 4.78 is 1.48. The van der Waals surface area contributed by atoms with Crippen LogP contribution in [0.15, 0.2) is 41.0 Å². The van der Waals surface area contributed by atoms with Gasteiger partial charge in [-0.3, -0.25) is 14.3 Å². The Balaban J connectivity index is 1.66. The van der Waals surface area contributed by atoms with E-state index in [9.17, 15) is 19.7 Å². The zero-order chi connectivity index (χ0) is 19.6. The summed E-state index contributed by atoms with van der Waals surface area (Å²) >= 11 is 2.98. The molecule has 0 aliphatic carbocycles. The molecule has 0 aliphatic heterocycles. The highest BCUT2D eigenvalue weighted by molar-refractivity contribution is 9.10. The summed E-state index contributed by atoms with van der Waals surface area (Å²) in [5.41, 5.74) is 1.07. The number of nitrogens with one attached hydrogen (secondary N) is 3. The van der Waals surface area contributed by atoms with Crippen LogP contribution in [0.5, 0.6) is 0 Å². The molecule has 2 amide bonds. The van der Waals surface area contributed by atoms with Crippen molar-refractivity contribution >= 4 is 44.9 Å². The van der Waals surface area contributed by atoms with Crippen molar-refractivity contribution in [3.63, 3.8) is 0 Å². The molecule has 0 bridgehead atoms. The van der Waals surface area contributed by atoms with Gasteiger partial charge in [0.05, 0.1) is 0 Å². The number of hydrogen-bond donors (Lipinski definition) is 3. The number of H-pyrrole nitrogens is 1. The molecular formula is C15H12BrN7O4. The van der Waals surface area contributed by atoms with Gasteiger partial charge in [0.1, 0.15) is 4.47 Å². The van der Waals surface area contributed by atoms with E-state index in [0.29, 0.717) is 11.4 Å². The smallest absolute Gasteiger partial charge is 0.357 e. The fraction of sp³-hybridized carbons (Fsp3) is 0.0667. The summed E-state index contributed by atoms with van der Waals surface area (Å²) in [6, 6.07) is 7.92. The fourth-order valence-electron chi connectivity index (χ4n) is 2.15. The van der Waals surface area contributed by atoms with E-state index in [1.54, 1.807) is 43.6 Å². The molecular weight excluding hydrogens is 422 g/mol. The van der Waals surface area contributed by atoms with Gasteiger partial charge in [0, 0.05) is 24.6 Å². The second kappa shape index (κ2) is 7.37. The second-order valence-electron chi connectivity index (χ2n) is 5.35. The van der Waals surface area contributed by atoms with Crippen molar-refractivity contribution in [2.24, 2.45) is 7.05 Å². The Morgan fingerprint density at radius 2 is 1.74 bits per heavy atom. The van der Waals surface area contributed by atoms with Crippen LogP contribution in [-0.4, -0.2) is 36.7 Å². The van der Waals surface area contributed by atoms with Crippen molar-refractivity contribution in [2.75, 3.05) is 10.6 Å². The number of halogens is 1. The lowest BCUT2D eigenvalue weighted by Gasteiger charge is -2.06. The van der Waals surface area contributed by atoms with E-state index in [1.165, 1.54) is 4.68 Å². The highest BCUT2D eigenvalue weighted by Gasteiger charge is 2.24. The zero-order valence-corrected chi connectivity index (χ0v) is 15.3. The lowest BCUT2D eigenvalue weighted by Crippen LogP contribution is -2.14. The molecule has 12 heteroatoms. The average Bonchev–Trinajstić information content (AvgIpc) is 3.22. The van der Waals surface area contributed by atoms with Crippen LogP contribution in [0.2, 0.25) is 0 Å². The number of amides is 2. The van der Waals surface area contributed by atoms with Crippen molar-refractivity contribution in [1.29, 1.82) is 0 Å². The highest BCUT2D eigenvalue weighted by atomic mass is 79.9. The molecule has 0 saturated carbocycles. The first-order valence-electron chi connectivity index (χ1n) is 7.46. The van der Waals surface area contributed by atoms with Gasteiger partial charge in [-0.05, 0) is 51.2 Å². The highest BCUT2D eigenvalue weighted by Crippen LogP contribution is 2.26. The number of carbonyl (C=O) groups is 2. The van der Waals surface area contributed by atoms with Crippen molar-refractivity contribution in [3.8, 4) is 0 Å². The van der Waals surface area contributed by atoms with E-state index < -0.39 is 16.6 Å². The van der Waals surface area contributed by atoms with Gasteiger partial charge < -0.3 is 20.7 Å². The molecule has 0 atom stereocenters. The number of nitro groups is 1. The molecule has 1 aromatic carbocycles. The minimum absolute atomic E-state index is 0.0377. The van der Waals surface area contributed by atoms with Crippen molar-refractivity contribution in [3.05, 3.63) is 62.5 Å². The van der Waals surface area contributed by atoms with Crippen LogP contribution >= 0.6 is 15.9 Å². The molecule has 0 fully saturated rings. The van der Waals surface area contributed by atoms with Crippen molar-refractivity contribution in [1.82, 2.24) is 20.0 Å². The molecule has 138 valence electrons. The van der Waals surface area contributed by atoms with Gasteiger partial charge in [0.25, 0.3) is 11.8 Å². The Labute approximate surface area is 160 Å². The quantitative estimate of drug-likeness (QED) is 0.415. The monoisotopic (exact) mass is 433 g/mol. The standard InChI is InChI=1S/C15H12BrN7O4/c1-22-7-6-10(21-22)14(24)17-8-2-4-9(5-3-8)18-15(25)12-11(16)13(20-19-12)23(26)27/h2-7H,1H3,(H,17,24)(H,18,25)(H,19,20). The van der Waals surface area contributed by atoms with E-state index in [-0.39, 0.29) is 21.8 Å². The summed E-state index contributed by atoms with van der Waals surface area (Å²) in [7, 11) is 1.71. The number of anilines is 2. The average molecular weight is 434 g/mol. The van der Waals surface area contributed by atoms with Crippen LogP contribution in [0, 0.1) is 10.1 Å². The van der Waals surface area contributed by atoms with E-state index >= 15 is 0 Å². The molecule has 3 rings (SSSR count). The third-order valence-electron chi connectivity index (χ3n) is 3.43. The third kappa shape index (κ3) is 4.00. The number of hydrogen-bond acceptors (Lipinski definition) is 6. The number of aryl methyl sites for hydroxylation is 1. The number of benzene rings is 1. The maximum atomic E-state index is 12.2. The number of nitrogens with zero attached hydrogens (tertiary/aromatic N) is 4. The summed E-state index contributed by atoms with van der Waals surface area (Å²) in [4.78, 5) is 34.3. The van der Waals surface area contributed by atoms with E-state index in [0.717, 1.165) is 0 Å². The fourth-order valence-corrected chi connectivity index (χ4v) is 2.65. The molecule has 0 radical (unpaired) electrons. The first kappa shape index (κ1) is 18.3. The number of aromatic nitrogens is 4. The van der Waals surface area contributed by atoms with Crippen molar-refractivity contribution in [2.45, 2.75) is 0 Å². The Hall–Kier alpha value is -3.54. The molecule has 11 nitrogen and oxygen atoms in total. The maximum absolute atomic E-state index is 12.2. The van der Waals surface area contributed by atoms with Crippen LogP contribution in [0.3, 0.4) is 0 Å². The van der Waals surface area contributed by atoms with Gasteiger partial charge in [0.15, 0.2) is 11.4 Å². The Kier molecular flexibility index (Phi) is 4.98. The largest absolute Gasteiger partial charge is 0.358 e. The topological polar surface area (TPSA) is 148 Å². The molecule has 0 spiro atoms. The van der Waals surface area contributed by atoms with Crippen LogP contribution in [0.25, 0.3) is 0 Å². The first-order valence-corrected chi connectivity index (χ1v) is 8.25. The summed E-state index contributed by atoms with van der Waals surface area (Å²) in [5, 5.41) is 25.8.